The number of hydrogen-bond acceptors (Lipinski definition) is 2. The highest BCUT2D eigenvalue weighted by atomic mass is 19.1. The molecule has 1 aliphatic rings. The third-order valence-corrected chi connectivity index (χ3v) is 3.39. The molecular weight excluding hydrogens is 231 g/mol. The van der Waals surface area contributed by atoms with E-state index in [2.05, 4.69) is 9.97 Å². The van der Waals surface area contributed by atoms with E-state index in [0.717, 1.165) is 22.6 Å². The van der Waals surface area contributed by atoms with Crippen LogP contribution >= 0.6 is 0 Å². The van der Waals surface area contributed by atoms with Crippen LogP contribution < -0.4 is 0 Å². The Labute approximate surface area is 104 Å². The maximum absolute atomic E-state index is 13.3. The fourth-order valence-corrected chi connectivity index (χ4v) is 2.52. The van der Waals surface area contributed by atoms with Gasteiger partial charge in [0.25, 0.3) is 0 Å². The Morgan fingerprint density at radius 1 is 1.50 bits per heavy atom. The second kappa shape index (κ2) is 4.05. The Bertz CT molecular complexity index is 618. The van der Waals surface area contributed by atoms with Crippen LogP contribution in [0.25, 0.3) is 0 Å². The highest BCUT2D eigenvalue weighted by Crippen LogP contribution is 2.32. The van der Waals surface area contributed by atoms with Gasteiger partial charge in [-0.15, -0.1) is 0 Å². The van der Waals surface area contributed by atoms with E-state index in [1.54, 1.807) is 12.3 Å². The van der Waals surface area contributed by atoms with E-state index >= 15 is 0 Å². The zero-order chi connectivity index (χ0) is 12.7. The van der Waals surface area contributed by atoms with E-state index in [-0.39, 0.29) is 17.5 Å². The highest BCUT2D eigenvalue weighted by Gasteiger charge is 2.31. The van der Waals surface area contributed by atoms with Crippen molar-refractivity contribution >= 4 is 5.78 Å². The molecule has 1 aromatic carbocycles. The molecule has 3 nitrogen and oxygen atoms in total. The lowest BCUT2D eigenvalue weighted by Crippen LogP contribution is -2.10. The number of carbonyl (C=O) groups excluding carboxylic acids is 1. The maximum Gasteiger partial charge on any atom is 0.145 e. The number of Topliss-reactive ketones (excluding diaryl/α,β-unsaturated/α-hetero) is 1. The molecule has 92 valence electrons. The minimum Gasteiger partial charge on any atom is -0.346 e. The number of carbonyl (C=O) groups is 1. The van der Waals surface area contributed by atoms with E-state index in [4.69, 9.17) is 0 Å². The monoisotopic (exact) mass is 244 g/mol. The van der Waals surface area contributed by atoms with Gasteiger partial charge in [0.1, 0.15) is 17.4 Å². The molecule has 1 N–H and O–H groups in total. The molecule has 0 radical (unpaired) electrons. The lowest BCUT2D eigenvalue weighted by Gasteiger charge is -2.08. The summed E-state index contributed by atoms with van der Waals surface area (Å²) < 4.78 is 13.3. The summed E-state index contributed by atoms with van der Waals surface area (Å²) in [5.74, 6) is 0.373. The fraction of sp³-hybridized carbons (Fsp3) is 0.286. The van der Waals surface area contributed by atoms with Gasteiger partial charge in [0, 0.05) is 24.7 Å². The molecule has 1 unspecified atom stereocenters. The first kappa shape index (κ1) is 11.1. The topological polar surface area (TPSA) is 45.8 Å². The van der Waals surface area contributed by atoms with Crippen molar-refractivity contribution in [1.29, 1.82) is 0 Å². The first-order valence-corrected chi connectivity index (χ1v) is 5.95. The normalized spacial score (nSPS) is 18.1. The number of rotatable bonds is 2. The van der Waals surface area contributed by atoms with Crippen LogP contribution in [-0.4, -0.2) is 15.8 Å². The van der Waals surface area contributed by atoms with E-state index in [1.165, 1.54) is 12.1 Å². The van der Waals surface area contributed by atoms with Gasteiger partial charge >= 0.3 is 0 Å². The number of H-pyrrole nitrogens is 1. The average Bonchev–Trinajstić information content (AvgIpc) is 2.86. The van der Waals surface area contributed by atoms with Crippen molar-refractivity contribution < 1.29 is 9.18 Å². The van der Waals surface area contributed by atoms with Crippen LogP contribution in [0, 0.1) is 12.7 Å². The quantitative estimate of drug-likeness (QED) is 0.881. The predicted molar refractivity (Wildman–Crippen MR) is 64.9 cm³/mol. The van der Waals surface area contributed by atoms with E-state index in [1.807, 2.05) is 6.92 Å². The third kappa shape index (κ3) is 1.83. The van der Waals surface area contributed by atoms with Crippen molar-refractivity contribution in [3.05, 3.63) is 52.9 Å². The van der Waals surface area contributed by atoms with Crippen LogP contribution in [-0.2, 0) is 17.6 Å². The van der Waals surface area contributed by atoms with Gasteiger partial charge in [0.2, 0.25) is 0 Å². The van der Waals surface area contributed by atoms with Gasteiger partial charge in [-0.05, 0) is 30.2 Å². The third-order valence-electron chi connectivity index (χ3n) is 3.39. The molecule has 0 spiro atoms. The first-order valence-electron chi connectivity index (χ1n) is 5.95. The molecule has 0 amide bonds. The number of aromatic nitrogens is 2. The molecular formula is C14H13FN2O. The minimum absolute atomic E-state index is 0.143. The van der Waals surface area contributed by atoms with Crippen LogP contribution in [0.2, 0.25) is 0 Å². The number of nitrogens with one attached hydrogen (secondary N) is 1. The van der Waals surface area contributed by atoms with Gasteiger partial charge in [0.15, 0.2) is 0 Å². The summed E-state index contributed by atoms with van der Waals surface area (Å²) >= 11 is 0. The molecule has 3 rings (SSSR count). The molecule has 0 aliphatic heterocycles. The Morgan fingerprint density at radius 2 is 2.33 bits per heavy atom. The van der Waals surface area contributed by atoms with Crippen molar-refractivity contribution in [2.24, 2.45) is 0 Å². The number of hydrogen-bond donors (Lipinski definition) is 1. The minimum atomic E-state index is -0.288. The number of imidazole rings is 1. The first-order chi connectivity index (χ1) is 8.63. The average molecular weight is 244 g/mol. The number of ketones is 1. The van der Waals surface area contributed by atoms with Crippen LogP contribution in [0.1, 0.15) is 28.6 Å². The SMILES string of the molecule is Cc1cnc(CC2C(=O)Cc3ccc(F)cc32)[nH]1. The Balaban J connectivity index is 1.93. The summed E-state index contributed by atoms with van der Waals surface area (Å²) in [5, 5.41) is 0. The highest BCUT2D eigenvalue weighted by molar-refractivity contribution is 5.92. The van der Waals surface area contributed by atoms with Gasteiger partial charge in [-0.1, -0.05) is 6.07 Å². The second-order valence-corrected chi connectivity index (χ2v) is 4.76. The van der Waals surface area contributed by atoms with E-state index < -0.39 is 0 Å². The van der Waals surface area contributed by atoms with Crippen LogP contribution in [0.15, 0.2) is 24.4 Å². The van der Waals surface area contributed by atoms with Crippen molar-refractivity contribution in [2.45, 2.75) is 25.7 Å². The van der Waals surface area contributed by atoms with Gasteiger partial charge in [-0.2, -0.15) is 0 Å². The summed E-state index contributed by atoms with van der Waals surface area (Å²) in [6.07, 6.45) is 2.66. The number of aromatic amines is 1. The molecule has 4 heteroatoms. The molecule has 1 aromatic heterocycles. The predicted octanol–water partition coefficient (Wildman–Crippen LogP) is 2.31. The van der Waals surface area contributed by atoms with Crippen molar-refractivity contribution in [2.75, 3.05) is 0 Å². The fourth-order valence-electron chi connectivity index (χ4n) is 2.52. The Morgan fingerprint density at radius 3 is 3.06 bits per heavy atom. The van der Waals surface area contributed by atoms with Crippen LogP contribution in [0.3, 0.4) is 0 Å². The van der Waals surface area contributed by atoms with Crippen molar-refractivity contribution in [3.8, 4) is 0 Å². The summed E-state index contributed by atoms with van der Waals surface area (Å²) in [6.45, 7) is 1.92. The molecule has 1 heterocycles. The van der Waals surface area contributed by atoms with Gasteiger partial charge in [-0.25, -0.2) is 9.37 Å². The maximum atomic E-state index is 13.3. The molecule has 1 atom stereocenters. The molecule has 0 fully saturated rings. The van der Waals surface area contributed by atoms with E-state index in [0.29, 0.717) is 12.8 Å². The van der Waals surface area contributed by atoms with Crippen LogP contribution in [0.5, 0.6) is 0 Å². The molecule has 0 saturated carbocycles. The molecule has 0 saturated heterocycles. The largest absolute Gasteiger partial charge is 0.346 e. The lowest BCUT2D eigenvalue weighted by molar-refractivity contribution is -0.119. The number of nitrogens with zero attached hydrogens (tertiary/aromatic N) is 1. The summed E-state index contributed by atoms with van der Waals surface area (Å²) in [4.78, 5) is 19.3. The van der Waals surface area contributed by atoms with Gasteiger partial charge < -0.3 is 4.98 Å². The van der Waals surface area contributed by atoms with Crippen molar-refractivity contribution in [3.63, 3.8) is 0 Å². The Kier molecular flexibility index (Phi) is 2.51. The van der Waals surface area contributed by atoms with Gasteiger partial charge in [0.05, 0.1) is 5.92 Å². The number of halogens is 1. The summed E-state index contributed by atoms with van der Waals surface area (Å²) in [5.41, 5.74) is 2.72. The lowest BCUT2D eigenvalue weighted by atomic mass is 9.97. The zero-order valence-electron chi connectivity index (χ0n) is 10.0. The second-order valence-electron chi connectivity index (χ2n) is 4.76. The summed E-state index contributed by atoms with van der Waals surface area (Å²) in [7, 11) is 0. The van der Waals surface area contributed by atoms with E-state index in [9.17, 15) is 9.18 Å². The summed E-state index contributed by atoms with van der Waals surface area (Å²) in [6, 6.07) is 4.59. The zero-order valence-corrected chi connectivity index (χ0v) is 10.0. The number of fused-ring (bicyclic) bond motifs is 1. The van der Waals surface area contributed by atoms with Crippen molar-refractivity contribution in [1.82, 2.24) is 9.97 Å². The molecule has 0 bridgehead atoms. The van der Waals surface area contributed by atoms with Gasteiger partial charge in [-0.3, -0.25) is 4.79 Å². The smallest absolute Gasteiger partial charge is 0.145 e. The molecule has 2 aromatic rings. The number of benzene rings is 1. The number of aryl methyl sites for hydroxylation is 1. The molecule has 18 heavy (non-hydrogen) atoms. The standard InChI is InChI=1S/C14H13FN2O/c1-8-7-16-14(17-8)6-12-11-5-10(15)3-2-9(11)4-13(12)18/h2-3,5,7,12H,4,6H2,1H3,(H,16,17). The Hall–Kier alpha value is -1.97. The molecule has 1 aliphatic carbocycles. The van der Waals surface area contributed by atoms with Crippen LogP contribution in [0.4, 0.5) is 4.39 Å².